The minimum atomic E-state index is -0.312. The molecule has 0 saturated heterocycles. The number of nitrogens with zero attached hydrogens (tertiary/aromatic N) is 3. The Balaban J connectivity index is 1.36. The molecule has 0 bridgehead atoms. The molecule has 9 nitrogen and oxygen atoms in total. The first-order chi connectivity index (χ1) is 16.0. The molecule has 0 aliphatic carbocycles. The lowest BCUT2D eigenvalue weighted by atomic mass is 10.0. The number of amides is 3. The quantitative estimate of drug-likeness (QED) is 0.426. The van der Waals surface area contributed by atoms with Crippen LogP contribution in [-0.4, -0.2) is 32.3 Å². The zero-order chi connectivity index (χ0) is 22.9. The molecule has 3 heterocycles. The fraction of sp³-hybridized carbons (Fsp3) is 0.174. The molecule has 0 radical (unpaired) electrons. The minimum Gasteiger partial charge on any atom is -0.326 e. The highest BCUT2D eigenvalue weighted by molar-refractivity contribution is 7.15. The van der Waals surface area contributed by atoms with Crippen molar-refractivity contribution >= 4 is 51.3 Å². The molecule has 33 heavy (non-hydrogen) atoms. The molecule has 166 valence electrons. The standard InChI is InChI=1S/C23H20N6O3S/c1-13(30)24-17-8-5-14(6-9-17)19-12-33-23-27-22(28-29(19)23)26-21(32)16-7-10-18-15(11-16)3-2-4-20(31)25-18/h5-12H,2-4H2,1H3,(H,24,30)(H,25,31)(H,26,28,32). The Morgan fingerprint density at radius 1 is 1.09 bits per heavy atom. The van der Waals surface area contributed by atoms with Gasteiger partial charge in [-0.05, 0) is 48.7 Å². The lowest BCUT2D eigenvalue weighted by Crippen LogP contribution is -2.14. The second-order valence-electron chi connectivity index (χ2n) is 7.74. The van der Waals surface area contributed by atoms with Gasteiger partial charge in [0.25, 0.3) is 11.9 Å². The number of nitrogens with one attached hydrogen (secondary N) is 3. The summed E-state index contributed by atoms with van der Waals surface area (Å²) in [6.45, 7) is 1.46. The Morgan fingerprint density at radius 3 is 2.70 bits per heavy atom. The van der Waals surface area contributed by atoms with Gasteiger partial charge in [0.2, 0.25) is 16.8 Å². The molecule has 0 unspecified atom stereocenters. The van der Waals surface area contributed by atoms with E-state index in [1.54, 1.807) is 22.7 Å². The molecular weight excluding hydrogens is 440 g/mol. The number of thiazole rings is 1. The second kappa shape index (κ2) is 8.47. The highest BCUT2D eigenvalue weighted by atomic mass is 32.1. The first kappa shape index (κ1) is 20.8. The normalized spacial score (nSPS) is 13.2. The lowest BCUT2D eigenvalue weighted by molar-refractivity contribution is -0.116. The zero-order valence-corrected chi connectivity index (χ0v) is 18.5. The number of carbonyl (C=O) groups excluding carboxylic acids is 3. The van der Waals surface area contributed by atoms with E-state index in [9.17, 15) is 14.4 Å². The average Bonchev–Trinajstić information content (AvgIpc) is 3.29. The Bertz CT molecular complexity index is 1390. The summed E-state index contributed by atoms with van der Waals surface area (Å²) in [5.41, 5.74) is 4.63. The monoisotopic (exact) mass is 460 g/mol. The van der Waals surface area contributed by atoms with Crippen LogP contribution in [0, 0.1) is 0 Å². The van der Waals surface area contributed by atoms with Gasteiger partial charge >= 0.3 is 0 Å². The summed E-state index contributed by atoms with van der Waals surface area (Å²) in [7, 11) is 0. The van der Waals surface area contributed by atoms with E-state index in [1.807, 2.05) is 29.6 Å². The average molecular weight is 461 g/mol. The van der Waals surface area contributed by atoms with E-state index in [0.29, 0.717) is 22.6 Å². The van der Waals surface area contributed by atoms with E-state index in [2.05, 4.69) is 26.0 Å². The maximum atomic E-state index is 12.8. The Kier molecular flexibility index (Phi) is 5.35. The van der Waals surface area contributed by atoms with Crippen LogP contribution in [0.1, 0.15) is 35.7 Å². The number of fused-ring (bicyclic) bond motifs is 2. The molecule has 1 aliphatic heterocycles. The fourth-order valence-electron chi connectivity index (χ4n) is 3.75. The molecule has 3 amide bonds. The summed E-state index contributed by atoms with van der Waals surface area (Å²) in [5, 5.41) is 14.8. The number of hydrogen-bond acceptors (Lipinski definition) is 6. The number of carbonyl (C=O) groups is 3. The van der Waals surface area contributed by atoms with Crippen LogP contribution in [0.4, 0.5) is 17.3 Å². The molecule has 3 N–H and O–H groups in total. The van der Waals surface area contributed by atoms with Crippen LogP contribution in [-0.2, 0) is 16.0 Å². The smallest absolute Gasteiger partial charge is 0.258 e. The molecule has 0 saturated carbocycles. The van der Waals surface area contributed by atoms with E-state index < -0.39 is 0 Å². The summed E-state index contributed by atoms with van der Waals surface area (Å²) >= 11 is 1.42. The Morgan fingerprint density at radius 2 is 1.91 bits per heavy atom. The molecule has 2 aromatic heterocycles. The van der Waals surface area contributed by atoms with E-state index in [0.717, 1.165) is 35.3 Å². The molecule has 1 aliphatic rings. The second-order valence-corrected chi connectivity index (χ2v) is 8.57. The Labute approximate surface area is 192 Å². The number of aryl methyl sites for hydroxylation is 1. The number of aromatic nitrogens is 3. The topological polar surface area (TPSA) is 117 Å². The molecule has 0 fully saturated rings. The molecule has 4 aromatic rings. The first-order valence-electron chi connectivity index (χ1n) is 10.4. The minimum absolute atomic E-state index is 0.00575. The highest BCUT2D eigenvalue weighted by Crippen LogP contribution is 2.28. The number of benzene rings is 2. The molecular formula is C23H20N6O3S. The van der Waals surface area contributed by atoms with Gasteiger partial charge in [-0.1, -0.05) is 12.1 Å². The van der Waals surface area contributed by atoms with E-state index in [-0.39, 0.29) is 23.7 Å². The van der Waals surface area contributed by atoms with Crippen LogP contribution in [0.15, 0.2) is 47.8 Å². The SMILES string of the molecule is CC(=O)Nc1ccc(-c2csc3nc(NC(=O)c4ccc5c(c4)CCCC(=O)N5)nn23)cc1. The largest absolute Gasteiger partial charge is 0.326 e. The van der Waals surface area contributed by atoms with Crippen LogP contribution < -0.4 is 16.0 Å². The van der Waals surface area contributed by atoms with Crippen LogP contribution in [0.5, 0.6) is 0 Å². The van der Waals surface area contributed by atoms with Crippen LogP contribution >= 0.6 is 11.3 Å². The number of hydrogen-bond donors (Lipinski definition) is 3. The molecule has 2 aromatic carbocycles. The summed E-state index contributed by atoms with van der Waals surface area (Å²) in [6, 6.07) is 12.7. The van der Waals surface area contributed by atoms with Crippen molar-refractivity contribution in [1.82, 2.24) is 14.6 Å². The van der Waals surface area contributed by atoms with E-state index >= 15 is 0 Å². The van der Waals surface area contributed by atoms with Crippen molar-refractivity contribution in [1.29, 1.82) is 0 Å². The van der Waals surface area contributed by atoms with Gasteiger partial charge in [0.1, 0.15) is 0 Å². The van der Waals surface area contributed by atoms with Gasteiger partial charge in [0, 0.05) is 41.2 Å². The van der Waals surface area contributed by atoms with Gasteiger partial charge in [0.15, 0.2) is 0 Å². The van der Waals surface area contributed by atoms with Crippen molar-refractivity contribution in [2.45, 2.75) is 26.2 Å². The third kappa shape index (κ3) is 4.33. The highest BCUT2D eigenvalue weighted by Gasteiger charge is 2.17. The predicted molar refractivity (Wildman–Crippen MR) is 127 cm³/mol. The molecule has 5 rings (SSSR count). The van der Waals surface area contributed by atoms with Crippen molar-refractivity contribution in [3.63, 3.8) is 0 Å². The van der Waals surface area contributed by atoms with Gasteiger partial charge in [-0.15, -0.1) is 16.4 Å². The van der Waals surface area contributed by atoms with E-state index in [1.165, 1.54) is 18.3 Å². The number of rotatable bonds is 4. The zero-order valence-electron chi connectivity index (χ0n) is 17.7. The van der Waals surface area contributed by atoms with Crippen molar-refractivity contribution < 1.29 is 14.4 Å². The maximum absolute atomic E-state index is 12.8. The summed E-state index contributed by atoms with van der Waals surface area (Å²) in [5.74, 6) is -0.232. The van der Waals surface area contributed by atoms with Gasteiger partial charge < -0.3 is 10.6 Å². The first-order valence-corrected chi connectivity index (χ1v) is 11.3. The molecule has 0 atom stereocenters. The van der Waals surface area contributed by atoms with Crippen LogP contribution in [0.25, 0.3) is 16.2 Å². The Hall–Kier alpha value is -4.05. The van der Waals surface area contributed by atoms with Crippen LogP contribution in [0.2, 0.25) is 0 Å². The van der Waals surface area contributed by atoms with Crippen LogP contribution in [0.3, 0.4) is 0 Å². The van der Waals surface area contributed by atoms with Gasteiger partial charge in [0.05, 0.1) is 5.69 Å². The van der Waals surface area contributed by atoms with Crippen molar-refractivity contribution in [2.75, 3.05) is 16.0 Å². The molecule has 10 heteroatoms. The fourth-order valence-corrected chi connectivity index (χ4v) is 4.58. The summed E-state index contributed by atoms with van der Waals surface area (Å²) in [6.07, 6.45) is 1.96. The summed E-state index contributed by atoms with van der Waals surface area (Å²) in [4.78, 5) is 40.8. The molecule has 0 spiro atoms. The van der Waals surface area contributed by atoms with Gasteiger partial charge in [-0.3, -0.25) is 19.7 Å². The third-order valence-corrected chi connectivity index (χ3v) is 6.12. The van der Waals surface area contributed by atoms with Gasteiger partial charge in [-0.25, -0.2) is 4.52 Å². The lowest BCUT2D eigenvalue weighted by Gasteiger charge is -2.08. The predicted octanol–water partition coefficient (Wildman–Crippen LogP) is 3.94. The van der Waals surface area contributed by atoms with E-state index in [4.69, 9.17) is 0 Å². The van der Waals surface area contributed by atoms with Crippen molar-refractivity contribution in [2.24, 2.45) is 0 Å². The van der Waals surface area contributed by atoms with Crippen molar-refractivity contribution in [3.8, 4) is 11.3 Å². The maximum Gasteiger partial charge on any atom is 0.258 e. The number of anilines is 3. The van der Waals surface area contributed by atoms with Crippen molar-refractivity contribution in [3.05, 3.63) is 59.0 Å². The summed E-state index contributed by atoms with van der Waals surface area (Å²) < 4.78 is 1.68. The van der Waals surface area contributed by atoms with Gasteiger partial charge in [-0.2, -0.15) is 4.98 Å². The third-order valence-electron chi connectivity index (χ3n) is 5.30.